The summed E-state index contributed by atoms with van der Waals surface area (Å²) in [5.41, 5.74) is 0. The van der Waals surface area contributed by atoms with Gasteiger partial charge in [-0.2, -0.15) is 0 Å². The lowest BCUT2D eigenvalue weighted by molar-refractivity contribution is -0.138. The van der Waals surface area contributed by atoms with E-state index in [0.717, 1.165) is 25.7 Å². The van der Waals surface area contributed by atoms with E-state index in [1.807, 2.05) is 13.8 Å². The van der Waals surface area contributed by atoms with E-state index >= 15 is 0 Å². The van der Waals surface area contributed by atoms with Crippen LogP contribution in [0.25, 0.3) is 0 Å². The second kappa shape index (κ2) is 7.06. The Morgan fingerprint density at radius 3 is 2.28 bits per heavy atom. The molecular weight excluding hydrogens is 224 g/mol. The van der Waals surface area contributed by atoms with Crippen LogP contribution in [0, 0.1) is 23.7 Å². The molecule has 0 aliphatic heterocycles. The summed E-state index contributed by atoms with van der Waals surface area (Å²) >= 11 is 0. The summed E-state index contributed by atoms with van der Waals surface area (Å²) in [4.78, 5) is 24.4. The Hall–Kier alpha value is -0.660. The molecule has 0 aromatic carbocycles. The van der Waals surface area contributed by atoms with Gasteiger partial charge in [0.25, 0.3) is 0 Å². The summed E-state index contributed by atoms with van der Waals surface area (Å²) in [6, 6.07) is 0. The zero-order valence-electron chi connectivity index (χ0n) is 12.4. The Labute approximate surface area is 112 Å². The van der Waals surface area contributed by atoms with E-state index in [1.54, 1.807) is 0 Å². The van der Waals surface area contributed by atoms with Crippen molar-refractivity contribution in [3.05, 3.63) is 0 Å². The van der Waals surface area contributed by atoms with Crippen LogP contribution < -0.4 is 0 Å². The minimum Gasteiger partial charge on any atom is -0.299 e. The maximum atomic E-state index is 12.3. The Morgan fingerprint density at radius 1 is 1.17 bits per heavy atom. The fraction of sp³-hybridized carbons (Fsp3) is 0.875. The molecule has 1 aliphatic carbocycles. The van der Waals surface area contributed by atoms with Crippen LogP contribution in [-0.2, 0) is 9.59 Å². The lowest BCUT2D eigenvalue weighted by atomic mass is 9.62. The molecule has 4 atom stereocenters. The average molecular weight is 252 g/mol. The normalized spacial score (nSPS) is 32.6. The lowest BCUT2D eigenvalue weighted by Gasteiger charge is -2.40. The number of hydrogen-bond donors (Lipinski definition) is 0. The molecule has 2 heteroatoms. The van der Waals surface area contributed by atoms with Crippen LogP contribution in [0.3, 0.4) is 0 Å². The molecule has 0 spiro atoms. The Bertz CT molecular complexity index is 295. The van der Waals surface area contributed by atoms with Gasteiger partial charge in [0.15, 0.2) is 0 Å². The number of carbonyl (C=O) groups excluding carboxylic acids is 2. The van der Waals surface area contributed by atoms with Gasteiger partial charge in [-0.3, -0.25) is 9.59 Å². The van der Waals surface area contributed by atoms with Crippen LogP contribution in [-0.4, -0.2) is 11.6 Å². The third-order valence-electron chi connectivity index (χ3n) is 4.58. The molecular formula is C16H28O2. The Balaban J connectivity index is 2.97. The van der Waals surface area contributed by atoms with Gasteiger partial charge in [0.1, 0.15) is 11.6 Å². The van der Waals surface area contributed by atoms with Crippen molar-refractivity contribution in [1.82, 2.24) is 0 Å². The molecule has 4 unspecified atom stereocenters. The van der Waals surface area contributed by atoms with Crippen molar-refractivity contribution in [2.24, 2.45) is 23.7 Å². The van der Waals surface area contributed by atoms with E-state index in [1.165, 1.54) is 0 Å². The highest BCUT2D eigenvalue weighted by molar-refractivity contribution is 5.88. The number of Topliss-reactive ketones (excluding diaryl/α,β-unsaturated/α-hetero) is 2. The summed E-state index contributed by atoms with van der Waals surface area (Å²) in [5, 5.41) is 0. The molecule has 1 aliphatic rings. The summed E-state index contributed by atoms with van der Waals surface area (Å²) < 4.78 is 0. The fourth-order valence-electron chi connectivity index (χ4n) is 3.62. The van der Waals surface area contributed by atoms with E-state index in [2.05, 4.69) is 13.8 Å². The van der Waals surface area contributed by atoms with Gasteiger partial charge in [-0.15, -0.1) is 0 Å². The first-order chi connectivity index (χ1) is 8.56. The minimum absolute atomic E-state index is 0.0820. The Kier molecular flexibility index (Phi) is 6.04. The first-order valence-corrected chi connectivity index (χ1v) is 7.62. The van der Waals surface area contributed by atoms with Gasteiger partial charge in [-0.05, 0) is 24.7 Å². The van der Waals surface area contributed by atoms with Gasteiger partial charge in [0.2, 0.25) is 0 Å². The molecule has 1 fully saturated rings. The molecule has 0 aromatic heterocycles. The van der Waals surface area contributed by atoms with E-state index in [9.17, 15) is 9.59 Å². The highest BCUT2D eigenvalue weighted by atomic mass is 16.1. The molecule has 0 saturated heterocycles. The zero-order valence-corrected chi connectivity index (χ0v) is 12.4. The van der Waals surface area contributed by atoms with Crippen molar-refractivity contribution in [3.8, 4) is 0 Å². The van der Waals surface area contributed by atoms with Crippen LogP contribution in [0.15, 0.2) is 0 Å². The minimum atomic E-state index is 0.0820. The third kappa shape index (κ3) is 3.21. The average Bonchev–Trinajstić information content (AvgIpc) is 2.35. The summed E-state index contributed by atoms with van der Waals surface area (Å²) in [5.74, 6) is 1.59. The molecule has 0 N–H and O–H groups in total. The number of hydrogen-bond acceptors (Lipinski definition) is 2. The molecule has 0 bridgehead atoms. The van der Waals surface area contributed by atoms with Crippen molar-refractivity contribution in [3.63, 3.8) is 0 Å². The third-order valence-corrected chi connectivity index (χ3v) is 4.58. The maximum absolute atomic E-state index is 12.3. The fourth-order valence-corrected chi connectivity index (χ4v) is 3.62. The standard InChI is InChI=1S/C16H28O2/c1-5-8-12-10-15(18)11(4)13(9-6-2)16(12)14(17)7-3/h11-13,16H,5-10H2,1-4H3. The molecule has 104 valence electrons. The summed E-state index contributed by atoms with van der Waals surface area (Å²) in [7, 11) is 0. The van der Waals surface area contributed by atoms with Crippen molar-refractivity contribution >= 4 is 11.6 Å². The van der Waals surface area contributed by atoms with E-state index in [4.69, 9.17) is 0 Å². The molecule has 1 saturated carbocycles. The topological polar surface area (TPSA) is 34.1 Å². The lowest BCUT2D eigenvalue weighted by Crippen LogP contribution is -2.43. The maximum Gasteiger partial charge on any atom is 0.136 e. The summed E-state index contributed by atoms with van der Waals surface area (Å²) in [6.45, 7) is 8.27. The summed E-state index contributed by atoms with van der Waals surface area (Å²) in [6.07, 6.45) is 5.42. The largest absolute Gasteiger partial charge is 0.299 e. The number of ketones is 2. The SMILES string of the molecule is CCCC1CC(=O)C(C)C(CCC)C1C(=O)CC. The van der Waals surface area contributed by atoms with E-state index in [0.29, 0.717) is 36.2 Å². The highest BCUT2D eigenvalue weighted by Gasteiger charge is 2.43. The van der Waals surface area contributed by atoms with Crippen LogP contribution in [0.5, 0.6) is 0 Å². The molecule has 0 amide bonds. The first kappa shape index (κ1) is 15.4. The zero-order chi connectivity index (χ0) is 13.7. The van der Waals surface area contributed by atoms with Gasteiger partial charge >= 0.3 is 0 Å². The Morgan fingerprint density at radius 2 is 1.78 bits per heavy atom. The van der Waals surface area contributed by atoms with Gasteiger partial charge in [0, 0.05) is 24.7 Å². The highest BCUT2D eigenvalue weighted by Crippen LogP contribution is 2.42. The van der Waals surface area contributed by atoms with Crippen molar-refractivity contribution in [2.75, 3.05) is 0 Å². The van der Waals surface area contributed by atoms with Crippen LogP contribution >= 0.6 is 0 Å². The molecule has 0 heterocycles. The second-order valence-electron chi connectivity index (χ2n) is 5.81. The monoisotopic (exact) mass is 252 g/mol. The van der Waals surface area contributed by atoms with Gasteiger partial charge in [-0.25, -0.2) is 0 Å². The van der Waals surface area contributed by atoms with Crippen molar-refractivity contribution in [2.45, 2.75) is 66.2 Å². The van der Waals surface area contributed by atoms with Crippen LogP contribution in [0.1, 0.15) is 66.2 Å². The van der Waals surface area contributed by atoms with Gasteiger partial charge in [-0.1, -0.05) is 40.5 Å². The molecule has 0 aromatic rings. The number of rotatable bonds is 6. The smallest absolute Gasteiger partial charge is 0.136 e. The van der Waals surface area contributed by atoms with Crippen molar-refractivity contribution < 1.29 is 9.59 Å². The molecule has 2 nitrogen and oxygen atoms in total. The first-order valence-electron chi connectivity index (χ1n) is 7.62. The van der Waals surface area contributed by atoms with Crippen LogP contribution in [0.2, 0.25) is 0 Å². The second-order valence-corrected chi connectivity index (χ2v) is 5.81. The van der Waals surface area contributed by atoms with Crippen molar-refractivity contribution in [1.29, 1.82) is 0 Å². The molecule has 0 radical (unpaired) electrons. The predicted octanol–water partition coefficient (Wildman–Crippen LogP) is 4.02. The predicted molar refractivity (Wildman–Crippen MR) is 74.4 cm³/mol. The quantitative estimate of drug-likeness (QED) is 0.715. The van der Waals surface area contributed by atoms with Crippen LogP contribution in [0.4, 0.5) is 0 Å². The van der Waals surface area contributed by atoms with E-state index in [-0.39, 0.29) is 11.8 Å². The molecule has 1 rings (SSSR count). The van der Waals surface area contributed by atoms with Gasteiger partial charge < -0.3 is 0 Å². The molecule has 18 heavy (non-hydrogen) atoms. The van der Waals surface area contributed by atoms with E-state index < -0.39 is 0 Å². The van der Waals surface area contributed by atoms with Gasteiger partial charge in [0.05, 0.1) is 0 Å². The number of carbonyl (C=O) groups is 2.